The first kappa shape index (κ1) is 13.9. The summed E-state index contributed by atoms with van der Waals surface area (Å²) < 4.78 is 10.3. The number of rotatable bonds is 4. The van der Waals surface area contributed by atoms with Gasteiger partial charge < -0.3 is 9.26 Å². The second-order valence-corrected chi connectivity index (χ2v) is 4.62. The molecule has 0 saturated carbocycles. The number of anilines is 1. The Morgan fingerprint density at radius 1 is 1.09 bits per heavy atom. The van der Waals surface area contributed by atoms with E-state index in [1.165, 1.54) is 0 Å². The molecule has 2 aromatic carbocycles. The van der Waals surface area contributed by atoms with Gasteiger partial charge in [0.1, 0.15) is 5.75 Å². The third-order valence-corrected chi connectivity index (χ3v) is 3.23. The zero-order chi connectivity index (χ0) is 15.4. The van der Waals surface area contributed by atoms with E-state index in [9.17, 15) is 4.79 Å². The second-order valence-electron chi connectivity index (χ2n) is 4.62. The van der Waals surface area contributed by atoms with Gasteiger partial charge in [-0.15, -0.1) is 0 Å². The second kappa shape index (κ2) is 6.13. The van der Waals surface area contributed by atoms with Crippen LogP contribution in [0.2, 0.25) is 0 Å². The molecule has 0 aliphatic heterocycles. The van der Waals surface area contributed by atoms with Crippen LogP contribution < -0.4 is 10.1 Å². The molecule has 0 fully saturated rings. The van der Waals surface area contributed by atoms with Crippen LogP contribution in [-0.4, -0.2) is 18.2 Å². The van der Waals surface area contributed by atoms with Crippen LogP contribution in [0.15, 0.2) is 65.3 Å². The van der Waals surface area contributed by atoms with Crippen molar-refractivity contribution in [3.63, 3.8) is 0 Å². The summed E-state index contributed by atoms with van der Waals surface area (Å²) in [7, 11) is 1.61. The van der Waals surface area contributed by atoms with Crippen molar-refractivity contribution in [3.8, 4) is 16.9 Å². The minimum Gasteiger partial charge on any atom is -0.497 e. The Hall–Kier alpha value is -3.08. The molecule has 0 atom stereocenters. The number of ether oxygens (including phenoxy) is 1. The average Bonchev–Trinajstić information content (AvgIpc) is 3.04. The van der Waals surface area contributed by atoms with Crippen LogP contribution >= 0.6 is 0 Å². The lowest BCUT2D eigenvalue weighted by molar-refractivity contribution is 0.102. The number of amides is 1. The highest BCUT2D eigenvalue weighted by molar-refractivity contribution is 6.05. The molecule has 0 aliphatic rings. The van der Waals surface area contributed by atoms with Crippen molar-refractivity contribution in [3.05, 3.63) is 66.4 Å². The number of nitrogens with one attached hydrogen (secondary N) is 1. The first-order valence-corrected chi connectivity index (χ1v) is 6.73. The largest absolute Gasteiger partial charge is 0.497 e. The van der Waals surface area contributed by atoms with Crippen LogP contribution in [-0.2, 0) is 0 Å². The number of hydrogen-bond donors (Lipinski definition) is 1. The molecule has 1 aromatic heterocycles. The molecular formula is C17H14N2O3. The Bertz CT molecular complexity index is 764. The van der Waals surface area contributed by atoms with E-state index in [-0.39, 0.29) is 5.91 Å². The van der Waals surface area contributed by atoms with E-state index >= 15 is 0 Å². The molecule has 3 rings (SSSR count). The summed E-state index contributed by atoms with van der Waals surface area (Å²) >= 11 is 0. The highest BCUT2D eigenvalue weighted by atomic mass is 16.5. The zero-order valence-corrected chi connectivity index (χ0v) is 11.9. The molecule has 0 saturated heterocycles. The standard InChI is InChI=1S/C17H14N2O3/c1-21-14-9-7-12(8-10-14)15-11-18-22-17(15)19-16(20)13-5-3-2-4-6-13/h2-11H,1H3,(H,19,20). The summed E-state index contributed by atoms with van der Waals surface area (Å²) in [6, 6.07) is 16.4. The Labute approximate surface area is 127 Å². The SMILES string of the molecule is COc1ccc(-c2cnoc2NC(=O)c2ccccc2)cc1. The summed E-state index contributed by atoms with van der Waals surface area (Å²) in [6.07, 6.45) is 1.57. The van der Waals surface area contributed by atoms with Gasteiger partial charge in [0.05, 0.1) is 18.9 Å². The summed E-state index contributed by atoms with van der Waals surface area (Å²) in [6.45, 7) is 0. The molecule has 0 aliphatic carbocycles. The first-order valence-electron chi connectivity index (χ1n) is 6.73. The highest BCUT2D eigenvalue weighted by Gasteiger charge is 2.14. The van der Waals surface area contributed by atoms with Gasteiger partial charge in [-0.1, -0.05) is 35.5 Å². The predicted octanol–water partition coefficient (Wildman–Crippen LogP) is 3.60. The lowest BCUT2D eigenvalue weighted by atomic mass is 10.1. The molecule has 0 bridgehead atoms. The van der Waals surface area contributed by atoms with E-state index in [1.54, 1.807) is 37.6 Å². The van der Waals surface area contributed by atoms with Gasteiger partial charge in [0, 0.05) is 5.56 Å². The van der Waals surface area contributed by atoms with E-state index in [0.717, 1.165) is 11.3 Å². The first-order chi connectivity index (χ1) is 10.8. The molecule has 5 heteroatoms. The fourth-order valence-corrected chi connectivity index (χ4v) is 2.07. The molecule has 1 N–H and O–H groups in total. The quantitative estimate of drug-likeness (QED) is 0.798. The molecule has 0 radical (unpaired) electrons. The van der Waals surface area contributed by atoms with E-state index in [2.05, 4.69) is 10.5 Å². The van der Waals surface area contributed by atoms with Gasteiger partial charge in [-0.2, -0.15) is 0 Å². The normalized spacial score (nSPS) is 10.2. The molecule has 0 unspecified atom stereocenters. The molecule has 22 heavy (non-hydrogen) atoms. The van der Waals surface area contributed by atoms with Gasteiger partial charge in [-0.3, -0.25) is 10.1 Å². The maximum absolute atomic E-state index is 12.2. The summed E-state index contributed by atoms with van der Waals surface area (Å²) in [5, 5.41) is 6.50. The fraction of sp³-hybridized carbons (Fsp3) is 0.0588. The molecule has 5 nitrogen and oxygen atoms in total. The minimum absolute atomic E-state index is 0.243. The molecular weight excluding hydrogens is 280 g/mol. The summed E-state index contributed by atoms with van der Waals surface area (Å²) in [5.41, 5.74) is 2.15. The van der Waals surface area contributed by atoms with E-state index in [4.69, 9.17) is 9.26 Å². The van der Waals surface area contributed by atoms with Crippen molar-refractivity contribution in [1.29, 1.82) is 0 Å². The molecule has 1 amide bonds. The minimum atomic E-state index is -0.243. The lowest BCUT2D eigenvalue weighted by Crippen LogP contribution is -2.11. The molecule has 1 heterocycles. The number of methoxy groups -OCH3 is 1. The number of hydrogen-bond acceptors (Lipinski definition) is 4. The van der Waals surface area contributed by atoms with Crippen LogP contribution in [0.1, 0.15) is 10.4 Å². The van der Waals surface area contributed by atoms with Crippen molar-refractivity contribution >= 4 is 11.8 Å². The smallest absolute Gasteiger partial charge is 0.258 e. The van der Waals surface area contributed by atoms with E-state index in [1.807, 2.05) is 30.3 Å². The third-order valence-electron chi connectivity index (χ3n) is 3.23. The van der Waals surface area contributed by atoms with Crippen molar-refractivity contribution < 1.29 is 14.1 Å². The van der Waals surface area contributed by atoms with Gasteiger partial charge in [0.15, 0.2) is 0 Å². The van der Waals surface area contributed by atoms with Crippen LogP contribution in [0.4, 0.5) is 5.88 Å². The van der Waals surface area contributed by atoms with Crippen LogP contribution in [0.3, 0.4) is 0 Å². The molecule has 0 spiro atoms. The van der Waals surface area contributed by atoms with Gasteiger partial charge >= 0.3 is 0 Å². The van der Waals surface area contributed by atoms with Crippen molar-refractivity contribution in [1.82, 2.24) is 5.16 Å². The van der Waals surface area contributed by atoms with Crippen LogP contribution in [0.25, 0.3) is 11.1 Å². The van der Waals surface area contributed by atoms with Crippen molar-refractivity contribution in [2.24, 2.45) is 0 Å². The maximum atomic E-state index is 12.2. The Balaban J connectivity index is 1.84. The molecule has 110 valence electrons. The zero-order valence-electron chi connectivity index (χ0n) is 11.9. The number of carbonyl (C=O) groups excluding carboxylic acids is 1. The maximum Gasteiger partial charge on any atom is 0.258 e. The average molecular weight is 294 g/mol. The topological polar surface area (TPSA) is 64.4 Å². The molecule has 3 aromatic rings. The van der Waals surface area contributed by atoms with Gasteiger partial charge in [-0.05, 0) is 29.8 Å². The Morgan fingerprint density at radius 3 is 2.50 bits per heavy atom. The summed E-state index contributed by atoms with van der Waals surface area (Å²) in [5.74, 6) is 0.834. The number of carbonyl (C=O) groups is 1. The van der Waals surface area contributed by atoms with Crippen molar-refractivity contribution in [2.45, 2.75) is 0 Å². The van der Waals surface area contributed by atoms with Crippen LogP contribution in [0.5, 0.6) is 5.75 Å². The number of benzene rings is 2. The van der Waals surface area contributed by atoms with Gasteiger partial charge in [0.25, 0.3) is 5.91 Å². The van der Waals surface area contributed by atoms with Crippen LogP contribution in [0, 0.1) is 0 Å². The summed E-state index contributed by atoms with van der Waals surface area (Å²) in [4.78, 5) is 12.2. The van der Waals surface area contributed by atoms with Gasteiger partial charge in [0.2, 0.25) is 5.88 Å². The van der Waals surface area contributed by atoms with Crippen molar-refractivity contribution in [2.75, 3.05) is 12.4 Å². The van der Waals surface area contributed by atoms with Gasteiger partial charge in [-0.25, -0.2) is 0 Å². The monoisotopic (exact) mass is 294 g/mol. The Morgan fingerprint density at radius 2 is 1.82 bits per heavy atom. The predicted molar refractivity (Wildman–Crippen MR) is 82.9 cm³/mol. The fourth-order valence-electron chi connectivity index (χ4n) is 2.07. The Kier molecular flexibility index (Phi) is 3.87. The number of aromatic nitrogens is 1. The highest BCUT2D eigenvalue weighted by Crippen LogP contribution is 2.29. The van der Waals surface area contributed by atoms with E-state index < -0.39 is 0 Å². The number of nitrogens with zero attached hydrogens (tertiary/aromatic N) is 1. The lowest BCUT2D eigenvalue weighted by Gasteiger charge is -2.05. The van der Waals surface area contributed by atoms with E-state index in [0.29, 0.717) is 17.0 Å². The third kappa shape index (κ3) is 2.83.